The second-order valence-corrected chi connectivity index (χ2v) is 3.36. The molecule has 3 heteroatoms. The van der Waals surface area contributed by atoms with Gasteiger partial charge in [0.2, 0.25) is 0 Å². The first-order chi connectivity index (χ1) is 7.04. The van der Waals surface area contributed by atoms with Gasteiger partial charge in [0.1, 0.15) is 5.75 Å². The summed E-state index contributed by atoms with van der Waals surface area (Å²) in [6.45, 7) is 3.49. The van der Waals surface area contributed by atoms with Crippen molar-refractivity contribution in [2.24, 2.45) is 0 Å². The van der Waals surface area contributed by atoms with E-state index in [1.165, 1.54) is 0 Å². The van der Waals surface area contributed by atoms with Gasteiger partial charge in [-0.15, -0.1) is 0 Å². The highest BCUT2D eigenvalue weighted by Crippen LogP contribution is 2.19. The molecule has 0 saturated carbocycles. The number of hydrogen-bond acceptors (Lipinski definition) is 2. The number of carboxylic acids is 1. The molecule has 0 saturated heterocycles. The van der Waals surface area contributed by atoms with Crippen LogP contribution in [0.2, 0.25) is 0 Å². The van der Waals surface area contributed by atoms with Gasteiger partial charge in [-0.3, -0.25) is 0 Å². The molecule has 0 bridgehead atoms. The summed E-state index contributed by atoms with van der Waals surface area (Å²) in [7, 11) is 1.61. The van der Waals surface area contributed by atoms with Crippen molar-refractivity contribution >= 4 is 12.0 Å². The number of ether oxygens (including phenoxy) is 1. The second kappa shape index (κ2) is 4.64. The largest absolute Gasteiger partial charge is 0.496 e. The number of benzene rings is 1. The third-order valence-electron chi connectivity index (χ3n) is 2.14. The molecule has 0 aliphatic heterocycles. The van der Waals surface area contributed by atoms with Crippen LogP contribution >= 0.6 is 0 Å². The van der Waals surface area contributed by atoms with E-state index in [4.69, 9.17) is 9.84 Å². The lowest BCUT2D eigenvalue weighted by Gasteiger charge is -2.05. The molecule has 0 aliphatic rings. The molecule has 0 heterocycles. The summed E-state index contributed by atoms with van der Waals surface area (Å²) < 4.78 is 5.12. The Hall–Kier alpha value is -1.77. The minimum atomic E-state index is -0.900. The zero-order chi connectivity index (χ0) is 11.4. The van der Waals surface area contributed by atoms with Gasteiger partial charge in [0, 0.05) is 5.57 Å². The van der Waals surface area contributed by atoms with Crippen molar-refractivity contribution in [3.05, 3.63) is 34.9 Å². The molecule has 3 nitrogen and oxygen atoms in total. The van der Waals surface area contributed by atoms with E-state index in [-0.39, 0.29) is 0 Å². The molecule has 1 aromatic rings. The van der Waals surface area contributed by atoms with Crippen LogP contribution < -0.4 is 4.74 Å². The average Bonchev–Trinajstić information content (AvgIpc) is 2.18. The number of aliphatic carboxylic acids is 1. The monoisotopic (exact) mass is 206 g/mol. The van der Waals surface area contributed by atoms with Crippen LogP contribution in [0.5, 0.6) is 5.75 Å². The Morgan fingerprint density at radius 1 is 1.47 bits per heavy atom. The van der Waals surface area contributed by atoms with Crippen molar-refractivity contribution < 1.29 is 14.6 Å². The fraction of sp³-hybridized carbons (Fsp3) is 0.250. The lowest BCUT2D eigenvalue weighted by molar-refractivity contribution is -0.132. The molecule has 0 fully saturated rings. The van der Waals surface area contributed by atoms with Crippen molar-refractivity contribution in [3.63, 3.8) is 0 Å². The van der Waals surface area contributed by atoms with Crippen molar-refractivity contribution in [1.29, 1.82) is 0 Å². The summed E-state index contributed by atoms with van der Waals surface area (Å²) in [5.74, 6) is -0.0939. The van der Waals surface area contributed by atoms with Crippen LogP contribution in [0.4, 0.5) is 0 Å². The number of methoxy groups -OCH3 is 1. The van der Waals surface area contributed by atoms with Crippen LogP contribution in [-0.4, -0.2) is 18.2 Å². The molecule has 15 heavy (non-hydrogen) atoms. The minimum Gasteiger partial charge on any atom is -0.496 e. The van der Waals surface area contributed by atoms with Crippen molar-refractivity contribution in [2.75, 3.05) is 7.11 Å². The molecular weight excluding hydrogens is 192 g/mol. The first-order valence-corrected chi connectivity index (χ1v) is 4.61. The molecule has 0 amide bonds. The van der Waals surface area contributed by atoms with Gasteiger partial charge in [-0.05, 0) is 43.2 Å². The van der Waals surface area contributed by atoms with E-state index in [9.17, 15) is 4.79 Å². The molecule has 0 atom stereocenters. The Morgan fingerprint density at radius 3 is 2.60 bits per heavy atom. The Bertz CT molecular complexity index is 405. The van der Waals surface area contributed by atoms with E-state index >= 15 is 0 Å². The van der Waals surface area contributed by atoms with Gasteiger partial charge in [0.15, 0.2) is 0 Å². The fourth-order valence-corrected chi connectivity index (χ4v) is 1.30. The Balaban J connectivity index is 3.03. The quantitative estimate of drug-likeness (QED) is 0.773. The van der Waals surface area contributed by atoms with E-state index in [1.54, 1.807) is 20.1 Å². The average molecular weight is 206 g/mol. The highest BCUT2D eigenvalue weighted by atomic mass is 16.5. The molecular formula is C12H14O3. The van der Waals surface area contributed by atoms with Crippen LogP contribution in [-0.2, 0) is 4.79 Å². The molecule has 80 valence electrons. The SMILES string of the molecule is COc1ccc(C=C(C)C(=O)O)cc1C. The molecule has 1 rings (SSSR count). The minimum absolute atomic E-state index is 0.319. The van der Waals surface area contributed by atoms with E-state index in [0.717, 1.165) is 16.9 Å². The van der Waals surface area contributed by atoms with Crippen LogP contribution in [0.3, 0.4) is 0 Å². The van der Waals surface area contributed by atoms with Gasteiger partial charge in [-0.25, -0.2) is 4.79 Å². The standard InChI is InChI=1S/C12H14O3/c1-8-6-10(4-5-11(8)15-3)7-9(2)12(13)14/h4-7H,1-3H3,(H,13,14). The summed E-state index contributed by atoms with van der Waals surface area (Å²) in [6.07, 6.45) is 1.63. The third-order valence-corrected chi connectivity index (χ3v) is 2.14. The summed E-state index contributed by atoms with van der Waals surface area (Å²) in [6, 6.07) is 5.56. The van der Waals surface area contributed by atoms with Gasteiger partial charge < -0.3 is 9.84 Å². The molecule has 1 N–H and O–H groups in total. The second-order valence-electron chi connectivity index (χ2n) is 3.36. The van der Waals surface area contributed by atoms with E-state index < -0.39 is 5.97 Å². The molecule has 0 aliphatic carbocycles. The van der Waals surface area contributed by atoms with E-state index in [1.807, 2.05) is 25.1 Å². The van der Waals surface area contributed by atoms with Crippen LogP contribution in [0.15, 0.2) is 23.8 Å². The molecule has 0 aromatic heterocycles. The summed E-state index contributed by atoms with van der Waals surface area (Å²) in [5, 5.41) is 8.72. The topological polar surface area (TPSA) is 46.5 Å². The zero-order valence-electron chi connectivity index (χ0n) is 9.07. The fourth-order valence-electron chi connectivity index (χ4n) is 1.30. The van der Waals surface area contributed by atoms with Crippen LogP contribution in [0.1, 0.15) is 18.1 Å². The third kappa shape index (κ3) is 2.84. The van der Waals surface area contributed by atoms with Gasteiger partial charge in [-0.2, -0.15) is 0 Å². The molecule has 0 radical (unpaired) electrons. The smallest absolute Gasteiger partial charge is 0.331 e. The Labute approximate surface area is 89.0 Å². The van der Waals surface area contributed by atoms with Crippen molar-refractivity contribution in [3.8, 4) is 5.75 Å². The number of hydrogen-bond donors (Lipinski definition) is 1. The predicted octanol–water partition coefficient (Wildman–Crippen LogP) is 2.49. The lowest BCUT2D eigenvalue weighted by Crippen LogP contribution is -1.95. The number of aryl methyl sites for hydroxylation is 1. The maximum absolute atomic E-state index is 10.6. The molecule has 0 unspecified atom stereocenters. The molecule has 1 aromatic carbocycles. The van der Waals surface area contributed by atoms with Gasteiger partial charge in [-0.1, -0.05) is 6.07 Å². The Morgan fingerprint density at radius 2 is 2.13 bits per heavy atom. The predicted molar refractivity (Wildman–Crippen MR) is 59.0 cm³/mol. The lowest BCUT2D eigenvalue weighted by atomic mass is 10.1. The van der Waals surface area contributed by atoms with Gasteiger partial charge >= 0.3 is 5.97 Å². The summed E-state index contributed by atoms with van der Waals surface area (Å²) in [5.41, 5.74) is 2.18. The van der Waals surface area contributed by atoms with Gasteiger partial charge in [0.25, 0.3) is 0 Å². The number of rotatable bonds is 3. The first kappa shape index (κ1) is 11.3. The van der Waals surface area contributed by atoms with Gasteiger partial charge in [0.05, 0.1) is 7.11 Å². The number of carboxylic acid groups (broad SMARTS) is 1. The Kier molecular flexibility index (Phi) is 3.50. The molecule has 0 spiro atoms. The van der Waals surface area contributed by atoms with Crippen molar-refractivity contribution in [1.82, 2.24) is 0 Å². The maximum atomic E-state index is 10.6. The van der Waals surface area contributed by atoms with E-state index in [0.29, 0.717) is 5.57 Å². The summed E-state index contributed by atoms with van der Waals surface area (Å²) in [4.78, 5) is 10.6. The van der Waals surface area contributed by atoms with E-state index in [2.05, 4.69) is 0 Å². The van der Waals surface area contributed by atoms with Crippen molar-refractivity contribution in [2.45, 2.75) is 13.8 Å². The summed E-state index contributed by atoms with van der Waals surface area (Å²) >= 11 is 0. The van der Waals surface area contributed by atoms with Crippen LogP contribution in [0, 0.1) is 6.92 Å². The highest BCUT2D eigenvalue weighted by molar-refractivity contribution is 5.91. The zero-order valence-corrected chi connectivity index (χ0v) is 9.07. The number of carbonyl (C=O) groups is 1. The van der Waals surface area contributed by atoms with Crippen LogP contribution in [0.25, 0.3) is 6.08 Å². The highest BCUT2D eigenvalue weighted by Gasteiger charge is 2.02. The maximum Gasteiger partial charge on any atom is 0.331 e. The first-order valence-electron chi connectivity index (χ1n) is 4.61. The normalized spacial score (nSPS) is 11.3.